The Morgan fingerprint density at radius 3 is 2.74 bits per heavy atom. The van der Waals surface area contributed by atoms with E-state index in [0.29, 0.717) is 24.8 Å². The highest BCUT2D eigenvalue weighted by Crippen LogP contribution is 2.13. The Morgan fingerprint density at radius 2 is 2.11 bits per heavy atom. The standard InChI is InChI=1S/C14H20N2O3/c1-2-18-14(17)11-3-5-13(6-4-11)19-10-12-9-15-7-8-16-12/h3-6,12,15-16H,2,7-10H2,1H3. The number of ether oxygens (including phenoxy) is 2. The molecule has 1 aliphatic heterocycles. The van der Waals surface area contributed by atoms with Crippen LogP contribution in [0.25, 0.3) is 0 Å². The van der Waals surface area contributed by atoms with Gasteiger partial charge < -0.3 is 20.1 Å². The molecule has 1 saturated heterocycles. The van der Waals surface area contributed by atoms with E-state index in [9.17, 15) is 4.79 Å². The zero-order valence-electron chi connectivity index (χ0n) is 11.1. The van der Waals surface area contributed by atoms with Crippen LogP contribution in [0.2, 0.25) is 0 Å². The molecule has 104 valence electrons. The predicted molar refractivity (Wildman–Crippen MR) is 72.6 cm³/mol. The summed E-state index contributed by atoms with van der Waals surface area (Å²) in [4.78, 5) is 11.5. The lowest BCUT2D eigenvalue weighted by Crippen LogP contribution is -2.50. The fourth-order valence-electron chi connectivity index (χ4n) is 1.93. The van der Waals surface area contributed by atoms with Crippen molar-refractivity contribution in [1.82, 2.24) is 10.6 Å². The SMILES string of the molecule is CCOC(=O)c1ccc(OCC2CNCCN2)cc1. The van der Waals surface area contributed by atoms with Crippen molar-refractivity contribution >= 4 is 5.97 Å². The van der Waals surface area contributed by atoms with Gasteiger partial charge in [0.2, 0.25) is 0 Å². The van der Waals surface area contributed by atoms with E-state index >= 15 is 0 Å². The highest BCUT2D eigenvalue weighted by Gasteiger charge is 2.12. The number of rotatable bonds is 5. The third-order valence-electron chi connectivity index (χ3n) is 2.94. The van der Waals surface area contributed by atoms with Crippen molar-refractivity contribution in [2.45, 2.75) is 13.0 Å². The second-order valence-electron chi connectivity index (χ2n) is 4.41. The second-order valence-corrected chi connectivity index (χ2v) is 4.41. The number of carbonyl (C=O) groups excluding carboxylic acids is 1. The molecule has 0 radical (unpaired) electrons. The highest BCUT2D eigenvalue weighted by molar-refractivity contribution is 5.89. The van der Waals surface area contributed by atoms with E-state index in [1.807, 2.05) is 0 Å². The van der Waals surface area contributed by atoms with Crippen molar-refractivity contribution in [3.05, 3.63) is 29.8 Å². The lowest BCUT2D eigenvalue weighted by molar-refractivity contribution is 0.0526. The average molecular weight is 264 g/mol. The number of benzene rings is 1. The van der Waals surface area contributed by atoms with Crippen molar-refractivity contribution in [2.24, 2.45) is 0 Å². The van der Waals surface area contributed by atoms with Crippen molar-refractivity contribution in [3.8, 4) is 5.75 Å². The minimum absolute atomic E-state index is 0.299. The van der Waals surface area contributed by atoms with Gasteiger partial charge >= 0.3 is 5.97 Å². The van der Waals surface area contributed by atoms with Gasteiger partial charge in [-0.25, -0.2) is 4.79 Å². The number of esters is 1. The summed E-state index contributed by atoms with van der Waals surface area (Å²) in [7, 11) is 0. The normalized spacial score (nSPS) is 18.9. The van der Waals surface area contributed by atoms with Crippen LogP contribution in [-0.4, -0.2) is 44.9 Å². The van der Waals surface area contributed by atoms with E-state index in [2.05, 4.69) is 10.6 Å². The molecule has 0 saturated carbocycles. The molecule has 0 bridgehead atoms. The van der Waals surface area contributed by atoms with Gasteiger partial charge in [-0.2, -0.15) is 0 Å². The molecule has 1 unspecified atom stereocenters. The van der Waals surface area contributed by atoms with Gasteiger partial charge in [-0.15, -0.1) is 0 Å². The second kappa shape index (κ2) is 7.11. The maximum Gasteiger partial charge on any atom is 0.338 e. The number of hydrogen-bond acceptors (Lipinski definition) is 5. The molecule has 2 N–H and O–H groups in total. The number of hydrogen-bond donors (Lipinski definition) is 2. The summed E-state index contributed by atoms with van der Waals surface area (Å²) in [6, 6.07) is 7.36. The fraction of sp³-hybridized carbons (Fsp3) is 0.500. The summed E-state index contributed by atoms with van der Waals surface area (Å²) in [5, 5.41) is 6.68. The zero-order valence-corrected chi connectivity index (χ0v) is 11.1. The van der Waals surface area contributed by atoms with Gasteiger partial charge in [-0.05, 0) is 31.2 Å². The first-order valence-electron chi connectivity index (χ1n) is 6.63. The molecule has 1 heterocycles. The van der Waals surface area contributed by atoms with E-state index in [0.717, 1.165) is 25.4 Å². The number of nitrogens with one attached hydrogen (secondary N) is 2. The van der Waals surface area contributed by atoms with Crippen molar-refractivity contribution in [3.63, 3.8) is 0 Å². The Bertz CT molecular complexity index is 400. The van der Waals surface area contributed by atoms with E-state index < -0.39 is 0 Å². The van der Waals surface area contributed by atoms with Gasteiger partial charge in [0.15, 0.2) is 0 Å². The third kappa shape index (κ3) is 4.22. The summed E-state index contributed by atoms with van der Waals surface area (Å²) in [6.45, 7) is 5.69. The fourth-order valence-corrected chi connectivity index (χ4v) is 1.93. The van der Waals surface area contributed by atoms with Crippen LogP contribution in [-0.2, 0) is 4.74 Å². The number of piperazine rings is 1. The molecule has 1 aliphatic rings. The Balaban J connectivity index is 1.82. The van der Waals surface area contributed by atoms with Crippen LogP contribution in [0.4, 0.5) is 0 Å². The predicted octanol–water partition coefficient (Wildman–Crippen LogP) is 0.803. The van der Waals surface area contributed by atoms with Crippen molar-refractivity contribution in [1.29, 1.82) is 0 Å². The molecule has 0 aromatic heterocycles. The largest absolute Gasteiger partial charge is 0.492 e. The Kier molecular flexibility index (Phi) is 5.18. The lowest BCUT2D eigenvalue weighted by atomic mass is 10.2. The summed E-state index contributed by atoms with van der Waals surface area (Å²) in [5.41, 5.74) is 0.548. The molecule has 0 amide bonds. The summed E-state index contributed by atoms with van der Waals surface area (Å²) < 4.78 is 10.6. The monoisotopic (exact) mass is 264 g/mol. The average Bonchev–Trinajstić information content (AvgIpc) is 2.47. The molecule has 2 rings (SSSR count). The van der Waals surface area contributed by atoms with E-state index in [1.54, 1.807) is 31.2 Å². The first-order chi connectivity index (χ1) is 9.29. The molecule has 5 nitrogen and oxygen atoms in total. The Morgan fingerprint density at radius 1 is 1.32 bits per heavy atom. The first kappa shape index (κ1) is 13.8. The molecular weight excluding hydrogens is 244 g/mol. The van der Waals surface area contributed by atoms with Crippen molar-refractivity contribution < 1.29 is 14.3 Å². The van der Waals surface area contributed by atoms with Crippen LogP contribution in [0.5, 0.6) is 5.75 Å². The Hall–Kier alpha value is -1.59. The van der Waals surface area contributed by atoms with Gasteiger partial charge in [0.05, 0.1) is 18.2 Å². The van der Waals surface area contributed by atoms with Crippen LogP contribution < -0.4 is 15.4 Å². The first-order valence-corrected chi connectivity index (χ1v) is 6.63. The quantitative estimate of drug-likeness (QED) is 0.771. The third-order valence-corrected chi connectivity index (χ3v) is 2.94. The summed E-state index contributed by atoms with van der Waals surface area (Å²) in [6.07, 6.45) is 0. The van der Waals surface area contributed by atoms with Crippen molar-refractivity contribution in [2.75, 3.05) is 32.8 Å². The molecule has 0 spiro atoms. The topological polar surface area (TPSA) is 59.6 Å². The van der Waals surface area contributed by atoms with Gasteiger partial charge in [0.25, 0.3) is 0 Å². The van der Waals surface area contributed by atoms with Gasteiger partial charge in [0.1, 0.15) is 12.4 Å². The Labute approximate surface area is 113 Å². The maximum absolute atomic E-state index is 11.5. The van der Waals surface area contributed by atoms with E-state index in [1.165, 1.54) is 0 Å². The van der Waals surface area contributed by atoms with E-state index in [4.69, 9.17) is 9.47 Å². The van der Waals surface area contributed by atoms with E-state index in [-0.39, 0.29) is 5.97 Å². The molecule has 1 fully saturated rings. The molecule has 1 aromatic rings. The zero-order chi connectivity index (χ0) is 13.5. The lowest BCUT2D eigenvalue weighted by Gasteiger charge is -2.24. The molecule has 19 heavy (non-hydrogen) atoms. The highest BCUT2D eigenvalue weighted by atomic mass is 16.5. The molecule has 5 heteroatoms. The molecular formula is C14H20N2O3. The van der Waals surface area contributed by atoms with Crippen LogP contribution in [0, 0.1) is 0 Å². The maximum atomic E-state index is 11.5. The smallest absolute Gasteiger partial charge is 0.338 e. The van der Waals surface area contributed by atoms with Crippen LogP contribution >= 0.6 is 0 Å². The summed E-state index contributed by atoms with van der Waals surface area (Å²) in [5.74, 6) is 0.465. The van der Waals surface area contributed by atoms with Gasteiger partial charge in [-0.3, -0.25) is 0 Å². The molecule has 1 atom stereocenters. The minimum atomic E-state index is -0.299. The van der Waals surface area contributed by atoms with Crippen LogP contribution in [0.15, 0.2) is 24.3 Å². The van der Waals surface area contributed by atoms with Gasteiger partial charge in [-0.1, -0.05) is 0 Å². The number of carbonyl (C=O) groups is 1. The minimum Gasteiger partial charge on any atom is -0.492 e. The van der Waals surface area contributed by atoms with Crippen LogP contribution in [0.1, 0.15) is 17.3 Å². The van der Waals surface area contributed by atoms with Crippen LogP contribution in [0.3, 0.4) is 0 Å². The summed E-state index contributed by atoms with van der Waals surface area (Å²) >= 11 is 0. The van der Waals surface area contributed by atoms with Gasteiger partial charge in [0, 0.05) is 19.6 Å². The molecule has 1 aromatic carbocycles. The molecule has 0 aliphatic carbocycles.